The number of hydrazine groups is 1. The zero-order chi connectivity index (χ0) is 10.7. The molecule has 0 heterocycles. The monoisotopic (exact) mass is 190 g/mol. The molecule has 74 valence electrons. The van der Waals surface area contributed by atoms with Gasteiger partial charge in [0.1, 0.15) is 0 Å². The van der Waals surface area contributed by atoms with E-state index in [2.05, 4.69) is 39.7 Å². The van der Waals surface area contributed by atoms with Crippen LogP contribution in [0, 0.1) is 0 Å². The van der Waals surface area contributed by atoms with E-state index in [1.165, 1.54) is 0 Å². The van der Waals surface area contributed by atoms with Gasteiger partial charge in [-0.25, -0.2) is 9.59 Å². The van der Waals surface area contributed by atoms with Crippen LogP contribution in [-0.2, 0) is 24.4 Å². The quantitative estimate of drug-likeness (QED) is 0.256. The first-order chi connectivity index (χ1) is 6.20. The number of carbonyl (C=O) groups is 2. The Kier molecular flexibility index (Phi) is 11.0. The van der Waals surface area contributed by atoms with Crippen molar-refractivity contribution < 1.29 is 24.4 Å². The van der Waals surface area contributed by atoms with Crippen LogP contribution in [0.1, 0.15) is 0 Å². The summed E-state index contributed by atoms with van der Waals surface area (Å²) in [5, 5.41) is 3.70. The van der Waals surface area contributed by atoms with Crippen LogP contribution in [0.5, 0.6) is 0 Å². The maximum Gasteiger partial charge on any atom is 0.369 e. The van der Waals surface area contributed by atoms with Crippen LogP contribution >= 0.6 is 0 Å². The number of carbonyl (C=O) groups excluding carboxylic acids is 2. The molecule has 0 atom stereocenters. The molecule has 0 unspecified atom stereocenters. The molecule has 0 aromatic carbocycles. The van der Waals surface area contributed by atoms with Crippen molar-refractivity contribution in [3.05, 3.63) is 25.3 Å². The second kappa shape index (κ2) is 10.3. The van der Waals surface area contributed by atoms with Crippen LogP contribution in [-0.4, -0.2) is 11.9 Å². The summed E-state index contributed by atoms with van der Waals surface area (Å²) >= 11 is 0. The van der Waals surface area contributed by atoms with Crippen LogP contribution in [0.15, 0.2) is 25.3 Å². The van der Waals surface area contributed by atoms with Crippen LogP contribution in [0.3, 0.4) is 0 Å². The summed E-state index contributed by atoms with van der Waals surface area (Å²) in [5.41, 5.74) is 0. The number of rotatable bonds is 4. The van der Waals surface area contributed by atoms with Gasteiger partial charge >= 0.3 is 11.9 Å². The molecule has 0 spiro atoms. The fraction of sp³-hybridized carbons (Fsp3) is 0. The van der Waals surface area contributed by atoms with Crippen molar-refractivity contribution in [3.63, 3.8) is 0 Å². The largest absolute Gasteiger partial charge is 0.369 e. The fourth-order valence-electron chi connectivity index (χ4n) is 0.152. The smallest absolute Gasteiger partial charge is 0.274 e. The van der Waals surface area contributed by atoms with Gasteiger partial charge in [0.15, 0.2) is 0 Å². The van der Waals surface area contributed by atoms with Gasteiger partial charge in [-0.1, -0.05) is 13.2 Å². The van der Waals surface area contributed by atoms with E-state index in [-0.39, 0.29) is 0 Å². The predicted octanol–water partition coefficient (Wildman–Crippen LogP) is -0.890. The minimum absolute atomic E-state index is 0.849. The van der Waals surface area contributed by atoms with Gasteiger partial charge < -0.3 is 0 Å². The molecule has 0 aromatic heterocycles. The average Bonchev–Trinajstić information content (AvgIpc) is 2.20. The molecule has 13 heavy (non-hydrogen) atoms. The number of hydrogen-bond donors (Lipinski definition) is 2. The van der Waals surface area contributed by atoms with Gasteiger partial charge in [-0.05, 0) is 0 Å². The third-order valence-corrected chi connectivity index (χ3v) is 0.566. The fourth-order valence-corrected chi connectivity index (χ4v) is 0.152. The lowest BCUT2D eigenvalue weighted by atomic mass is 10.7. The van der Waals surface area contributed by atoms with Gasteiger partial charge in [0.05, 0.1) is 0 Å². The molecule has 7 heteroatoms. The third-order valence-electron chi connectivity index (χ3n) is 0.566. The molecule has 0 aliphatic heterocycles. The molecule has 0 amide bonds. The first-order valence-electron chi connectivity index (χ1n) is 2.88. The van der Waals surface area contributed by atoms with Crippen LogP contribution in [0.2, 0.25) is 0 Å². The summed E-state index contributed by atoms with van der Waals surface area (Å²) < 4.78 is 0. The Hall–Kier alpha value is -1.70. The Morgan fingerprint density at radius 1 is 1.00 bits per heavy atom. The predicted molar refractivity (Wildman–Crippen MR) is 42.0 cm³/mol. The van der Waals surface area contributed by atoms with E-state index in [0.717, 1.165) is 12.2 Å². The molecule has 0 aliphatic carbocycles. The summed E-state index contributed by atoms with van der Waals surface area (Å²) in [6.07, 6.45) is 1.70. The molecule has 0 fully saturated rings. The molecule has 0 bridgehead atoms. The molecule has 0 aromatic rings. The highest BCUT2D eigenvalue weighted by atomic mass is 17.5. The molecule has 0 saturated heterocycles. The summed E-state index contributed by atoms with van der Waals surface area (Å²) in [6.45, 7) is 6.13. The minimum Gasteiger partial charge on any atom is -0.274 e. The van der Waals surface area contributed by atoms with Crippen molar-refractivity contribution in [1.29, 1.82) is 0 Å². The van der Waals surface area contributed by atoms with Crippen LogP contribution in [0.4, 0.5) is 0 Å². The zero-order valence-electron chi connectivity index (χ0n) is 6.76. The average molecular weight is 190 g/mol. The van der Waals surface area contributed by atoms with Crippen molar-refractivity contribution in [2.45, 2.75) is 0 Å². The topological polar surface area (TPSA) is 114 Å². The molecular weight excluding hydrogens is 180 g/mol. The van der Waals surface area contributed by atoms with Gasteiger partial charge in [-0.3, -0.25) is 21.5 Å². The standard InChI is InChI=1S/C6H6O5.H4N2/c1-3-5(7)9-11-10-6(8)4-2;1-2/h3-4H,1-2H2;1-2H2. The Morgan fingerprint density at radius 2 is 1.31 bits per heavy atom. The summed E-state index contributed by atoms with van der Waals surface area (Å²) in [7, 11) is 0. The molecule has 0 saturated carbocycles. The van der Waals surface area contributed by atoms with Gasteiger partial charge in [0.25, 0.3) is 0 Å². The van der Waals surface area contributed by atoms with Gasteiger partial charge in [0, 0.05) is 17.2 Å². The maximum absolute atomic E-state index is 10.2. The van der Waals surface area contributed by atoms with E-state index in [1.807, 2.05) is 0 Å². The van der Waals surface area contributed by atoms with E-state index in [1.54, 1.807) is 0 Å². The highest BCUT2D eigenvalue weighted by Gasteiger charge is 2.00. The summed E-state index contributed by atoms with van der Waals surface area (Å²) in [5.74, 6) is 6.28. The molecule has 0 rings (SSSR count). The van der Waals surface area contributed by atoms with Crippen molar-refractivity contribution in [2.75, 3.05) is 0 Å². The van der Waals surface area contributed by atoms with Gasteiger partial charge in [-0.2, -0.15) is 0 Å². The Labute approximate surface area is 74.4 Å². The Balaban J connectivity index is 0. The van der Waals surface area contributed by atoms with E-state index in [0.29, 0.717) is 0 Å². The maximum atomic E-state index is 10.2. The molecular formula is C6H10N2O5. The first kappa shape index (κ1) is 13.9. The normalized spacial score (nSPS) is 7.23. The SMILES string of the molecule is C=CC(=O)OOOC(=O)C=C.NN. The van der Waals surface area contributed by atoms with E-state index < -0.39 is 11.9 Å². The first-order valence-corrected chi connectivity index (χ1v) is 2.88. The highest BCUT2D eigenvalue weighted by Crippen LogP contribution is 1.85. The lowest BCUT2D eigenvalue weighted by Gasteiger charge is -1.95. The van der Waals surface area contributed by atoms with E-state index in [4.69, 9.17) is 0 Å². The van der Waals surface area contributed by atoms with Crippen LogP contribution < -0.4 is 11.7 Å². The van der Waals surface area contributed by atoms with Crippen molar-refractivity contribution in [3.8, 4) is 0 Å². The zero-order valence-corrected chi connectivity index (χ0v) is 6.76. The van der Waals surface area contributed by atoms with Crippen molar-refractivity contribution in [2.24, 2.45) is 11.7 Å². The minimum atomic E-state index is -0.859. The number of hydrogen-bond acceptors (Lipinski definition) is 7. The molecule has 0 radical (unpaired) electrons. The lowest BCUT2D eigenvalue weighted by Crippen LogP contribution is -2.06. The molecule has 4 N–H and O–H groups in total. The Bertz CT molecular complexity index is 171. The van der Waals surface area contributed by atoms with Gasteiger partial charge in [0.2, 0.25) is 0 Å². The van der Waals surface area contributed by atoms with Gasteiger partial charge in [-0.15, -0.1) is 0 Å². The second-order valence-electron chi connectivity index (χ2n) is 1.28. The lowest BCUT2D eigenvalue weighted by molar-refractivity contribution is -0.455. The van der Waals surface area contributed by atoms with Crippen LogP contribution in [0.25, 0.3) is 0 Å². The van der Waals surface area contributed by atoms with Crippen molar-refractivity contribution in [1.82, 2.24) is 0 Å². The van der Waals surface area contributed by atoms with E-state index >= 15 is 0 Å². The Morgan fingerprint density at radius 3 is 1.54 bits per heavy atom. The van der Waals surface area contributed by atoms with Crippen molar-refractivity contribution >= 4 is 11.9 Å². The molecule has 7 nitrogen and oxygen atoms in total. The summed E-state index contributed by atoms with van der Waals surface area (Å²) in [6, 6.07) is 0. The second-order valence-corrected chi connectivity index (χ2v) is 1.28. The highest BCUT2D eigenvalue weighted by molar-refractivity contribution is 5.81. The number of nitrogens with two attached hydrogens (primary N) is 2. The molecule has 0 aliphatic rings. The van der Waals surface area contributed by atoms with E-state index in [9.17, 15) is 9.59 Å². The third kappa shape index (κ3) is 10.3. The summed E-state index contributed by atoms with van der Waals surface area (Å²) in [4.78, 5) is 28.0.